The summed E-state index contributed by atoms with van der Waals surface area (Å²) in [4.78, 5) is 43.9. The lowest BCUT2D eigenvalue weighted by Crippen LogP contribution is -2.64. The summed E-state index contributed by atoms with van der Waals surface area (Å²) < 4.78 is 13.5. The molecule has 1 fully saturated rings. The Morgan fingerprint density at radius 1 is 0.976 bits per heavy atom. The van der Waals surface area contributed by atoms with Crippen LogP contribution in [0.2, 0.25) is 0 Å². The van der Waals surface area contributed by atoms with Crippen molar-refractivity contribution in [2.75, 3.05) is 26.7 Å². The molecule has 0 aliphatic carbocycles. The summed E-state index contributed by atoms with van der Waals surface area (Å²) in [5.74, 6) is -1.09. The SMILES string of the molecule is CCC1CN(C(Cc2ccc3ccccc3c2)C(=O)NC)CCN1C(=O)C(Cc1ccc(F)cc1)NC(=O)C(C)(C)N. The summed E-state index contributed by atoms with van der Waals surface area (Å²) in [7, 11) is 1.65. The standard InChI is InChI=1S/C33H42FN5O3/c1-5-27-21-38(29(30(40)36-4)20-23-10-13-24-8-6-7-9-25(24)18-23)16-17-39(27)31(41)28(37-32(42)33(2,3)35)19-22-11-14-26(34)15-12-22/h6-15,18,27-29H,5,16-17,19-21,35H2,1-4H3,(H,36,40)(H,37,42). The van der Waals surface area contributed by atoms with Gasteiger partial charge in [-0.05, 0) is 60.7 Å². The number of benzene rings is 3. The van der Waals surface area contributed by atoms with Gasteiger partial charge in [-0.15, -0.1) is 0 Å². The molecule has 0 saturated carbocycles. The molecule has 3 unspecified atom stereocenters. The number of carbonyl (C=O) groups is 3. The highest BCUT2D eigenvalue weighted by Gasteiger charge is 2.38. The molecule has 3 aromatic rings. The molecule has 1 saturated heterocycles. The van der Waals surface area contributed by atoms with Crippen molar-refractivity contribution in [3.63, 3.8) is 0 Å². The number of nitrogens with one attached hydrogen (secondary N) is 2. The lowest BCUT2D eigenvalue weighted by atomic mass is 9.97. The molecule has 0 bridgehead atoms. The number of halogens is 1. The predicted molar refractivity (Wildman–Crippen MR) is 163 cm³/mol. The summed E-state index contributed by atoms with van der Waals surface area (Å²) in [6, 6.07) is 18.9. The van der Waals surface area contributed by atoms with E-state index in [1.54, 1.807) is 33.0 Å². The first-order valence-electron chi connectivity index (χ1n) is 14.6. The molecule has 4 rings (SSSR count). The van der Waals surface area contributed by atoms with Crippen molar-refractivity contribution in [2.45, 2.75) is 63.7 Å². The zero-order valence-electron chi connectivity index (χ0n) is 24.9. The van der Waals surface area contributed by atoms with E-state index in [4.69, 9.17) is 5.73 Å². The van der Waals surface area contributed by atoms with Crippen LogP contribution in [0.5, 0.6) is 0 Å². The molecule has 42 heavy (non-hydrogen) atoms. The molecule has 4 N–H and O–H groups in total. The molecule has 3 amide bonds. The largest absolute Gasteiger partial charge is 0.358 e. The highest BCUT2D eigenvalue weighted by Crippen LogP contribution is 2.22. The predicted octanol–water partition coefficient (Wildman–Crippen LogP) is 3.02. The summed E-state index contributed by atoms with van der Waals surface area (Å²) >= 11 is 0. The van der Waals surface area contributed by atoms with E-state index >= 15 is 0 Å². The minimum Gasteiger partial charge on any atom is -0.358 e. The van der Waals surface area contributed by atoms with Crippen LogP contribution in [0.15, 0.2) is 66.7 Å². The minimum atomic E-state index is -1.17. The van der Waals surface area contributed by atoms with Crippen molar-refractivity contribution in [2.24, 2.45) is 5.73 Å². The van der Waals surface area contributed by atoms with E-state index < -0.39 is 23.5 Å². The summed E-state index contributed by atoms with van der Waals surface area (Å²) in [5.41, 5.74) is 6.65. The first kappa shape index (κ1) is 31.1. The second kappa shape index (κ2) is 13.4. The molecule has 8 nitrogen and oxygen atoms in total. The molecule has 9 heteroatoms. The first-order chi connectivity index (χ1) is 20.0. The number of hydrogen-bond acceptors (Lipinski definition) is 5. The maximum absolute atomic E-state index is 14.0. The Balaban J connectivity index is 1.53. The fraction of sp³-hybridized carbons (Fsp3) is 0.424. The summed E-state index contributed by atoms with van der Waals surface area (Å²) in [6.45, 7) is 6.63. The Morgan fingerprint density at radius 3 is 2.29 bits per heavy atom. The van der Waals surface area contributed by atoms with Gasteiger partial charge in [0.15, 0.2) is 0 Å². The highest BCUT2D eigenvalue weighted by molar-refractivity contribution is 5.92. The number of hydrogen-bond donors (Lipinski definition) is 3. The van der Waals surface area contributed by atoms with Crippen LogP contribution < -0.4 is 16.4 Å². The van der Waals surface area contributed by atoms with Gasteiger partial charge in [0.2, 0.25) is 17.7 Å². The molecular weight excluding hydrogens is 533 g/mol. The third-order valence-corrected chi connectivity index (χ3v) is 8.04. The minimum absolute atomic E-state index is 0.0654. The number of likely N-dealkylation sites (N-methyl/N-ethyl adjacent to an activating group) is 1. The zero-order chi connectivity index (χ0) is 30.4. The van der Waals surface area contributed by atoms with Crippen LogP contribution >= 0.6 is 0 Å². The van der Waals surface area contributed by atoms with Crippen LogP contribution in [0.1, 0.15) is 38.3 Å². The molecule has 1 aliphatic heterocycles. The van der Waals surface area contributed by atoms with E-state index in [9.17, 15) is 18.8 Å². The van der Waals surface area contributed by atoms with Crippen LogP contribution in [0, 0.1) is 5.82 Å². The van der Waals surface area contributed by atoms with Crippen LogP contribution in [0.3, 0.4) is 0 Å². The molecule has 3 aromatic carbocycles. The molecule has 1 aliphatic rings. The van der Waals surface area contributed by atoms with Crippen LogP contribution in [0.25, 0.3) is 10.8 Å². The number of fused-ring (bicyclic) bond motifs is 1. The average molecular weight is 576 g/mol. The fourth-order valence-electron chi connectivity index (χ4n) is 5.55. The van der Waals surface area contributed by atoms with Gasteiger partial charge in [-0.1, -0.05) is 61.5 Å². The number of piperazine rings is 1. The van der Waals surface area contributed by atoms with Gasteiger partial charge in [-0.3, -0.25) is 19.3 Å². The number of nitrogens with two attached hydrogens (primary N) is 1. The van der Waals surface area contributed by atoms with Gasteiger partial charge in [-0.25, -0.2) is 4.39 Å². The van der Waals surface area contributed by atoms with E-state index in [0.29, 0.717) is 32.5 Å². The van der Waals surface area contributed by atoms with E-state index in [-0.39, 0.29) is 30.1 Å². The quantitative estimate of drug-likeness (QED) is 0.345. The number of nitrogens with zero attached hydrogens (tertiary/aromatic N) is 2. The second-order valence-electron chi connectivity index (χ2n) is 11.7. The molecule has 0 spiro atoms. The van der Waals surface area contributed by atoms with E-state index in [0.717, 1.165) is 21.9 Å². The van der Waals surface area contributed by atoms with Gasteiger partial charge in [0.1, 0.15) is 11.9 Å². The van der Waals surface area contributed by atoms with E-state index in [1.165, 1.54) is 12.1 Å². The van der Waals surface area contributed by atoms with Gasteiger partial charge in [0, 0.05) is 39.1 Å². The lowest BCUT2D eigenvalue weighted by molar-refractivity contribution is -0.142. The maximum atomic E-state index is 14.0. The van der Waals surface area contributed by atoms with Crippen molar-refractivity contribution >= 4 is 28.5 Å². The molecule has 3 atom stereocenters. The van der Waals surface area contributed by atoms with Crippen LogP contribution in [0.4, 0.5) is 4.39 Å². The third kappa shape index (κ3) is 7.52. The second-order valence-corrected chi connectivity index (χ2v) is 11.7. The zero-order valence-corrected chi connectivity index (χ0v) is 24.9. The first-order valence-corrected chi connectivity index (χ1v) is 14.6. The summed E-state index contributed by atoms with van der Waals surface area (Å²) in [6.07, 6.45) is 1.43. The smallest absolute Gasteiger partial charge is 0.245 e. The molecular formula is C33H42FN5O3. The topological polar surface area (TPSA) is 108 Å². The maximum Gasteiger partial charge on any atom is 0.245 e. The Morgan fingerprint density at radius 2 is 1.64 bits per heavy atom. The normalized spacial score (nSPS) is 17.5. The number of carbonyl (C=O) groups excluding carboxylic acids is 3. The van der Waals surface area contributed by atoms with Crippen LogP contribution in [-0.2, 0) is 27.2 Å². The van der Waals surface area contributed by atoms with Gasteiger partial charge in [0.05, 0.1) is 11.6 Å². The van der Waals surface area contributed by atoms with Gasteiger partial charge >= 0.3 is 0 Å². The number of amides is 3. The third-order valence-electron chi connectivity index (χ3n) is 8.04. The van der Waals surface area contributed by atoms with Gasteiger partial charge < -0.3 is 21.3 Å². The Labute approximate surface area is 247 Å². The number of rotatable bonds is 10. The Kier molecular flexibility index (Phi) is 9.96. The monoisotopic (exact) mass is 575 g/mol. The summed E-state index contributed by atoms with van der Waals surface area (Å²) in [5, 5.41) is 7.94. The Hall–Kier alpha value is -3.82. The van der Waals surface area contributed by atoms with Crippen molar-refractivity contribution < 1.29 is 18.8 Å². The van der Waals surface area contributed by atoms with Crippen molar-refractivity contribution in [3.8, 4) is 0 Å². The van der Waals surface area contributed by atoms with Gasteiger partial charge in [0.25, 0.3) is 0 Å². The molecule has 0 aromatic heterocycles. The fourth-order valence-corrected chi connectivity index (χ4v) is 5.55. The van der Waals surface area contributed by atoms with Crippen molar-refractivity contribution in [1.82, 2.24) is 20.4 Å². The molecule has 1 heterocycles. The van der Waals surface area contributed by atoms with Crippen molar-refractivity contribution in [1.29, 1.82) is 0 Å². The van der Waals surface area contributed by atoms with Gasteiger partial charge in [-0.2, -0.15) is 0 Å². The average Bonchev–Trinajstić information content (AvgIpc) is 2.98. The molecule has 224 valence electrons. The van der Waals surface area contributed by atoms with Crippen molar-refractivity contribution in [3.05, 3.63) is 83.7 Å². The molecule has 0 radical (unpaired) electrons. The van der Waals surface area contributed by atoms with E-state index in [1.807, 2.05) is 24.0 Å². The lowest BCUT2D eigenvalue weighted by Gasteiger charge is -2.45. The van der Waals surface area contributed by atoms with E-state index in [2.05, 4.69) is 45.9 Å². The highest BCUT2D eigenvalue weighted by atomic mass is 19.1. The Bertz CT molecular complexity index is 1400. The van der Waals surface area contributed by atoms with Crippen LogP contribution in [-0.4, -0.2) is 77.9 Å².